The zero-order valence-corrected chi connectivity index (χ0v) is 12.0. The quantitative estimate of drug-likeness (QED) is 0.845. The highest BCUT2D eigenvalue weighted by Gasteiger charge is 2.24. The van der Waals surface area contributed by atoms with Crippen molar-refractivity contribution in [3.8, 4) is 5.95 Å². The van der Waals surface area contributed by atoms with Crippen LogP contribution in [0.4, 0.5) is 5.69 Å². The molecule has 0 saturated carbocycles. The molecule has 1 saturated heterocycles. The second kappa shape index (κ2) is 5.60. The standard InChI is InChI=1S/C12H17N7O2/c1-7-10(13-11(20)9-3-5-21-6-4-9)8(2)19(16-7)12-14-17-18-15-12/h9H,3-6H2,1-2H3,(H,13,20)(H,14,15,17,18). The number of hydrogen-bond donors (Lipinski definition) is 2. The van der Waals surface area contributed by atoms with E-state index in [1.807, 2.05) is 13.8 Å². The van der Waals surface area contributed by atoms with Gasteiger partial charge in [-0.05, 0) is 31.9 Å². The van der Waals surface area contributed by atoms with Crippen molar-refractivity contribution in [1.29, 1.82) is 0 Å². The fourth-order valence-electron chi connectivity index (χ4n) is 2.45. The summed E-state index contributed by atoms with van der Waals surface area (Å²) in [5.74, 6) is 0.352. The zero-order valence-electron chi connectivity index (χ0n) is 12.0. The molecule has 3 rings (SSSR count). The predicted octanol–water partition coefficient (Wildman–Crippen LogP) is 0.367. The number of nitrogens with zero attached hydrogens (tertiary/aromatic N) is 5. The van der Waals surface area contributed by atoms with Gasteiger partial charge < -0.3 is 10.1 Å². The molecule has 0 unspecified atom stereocenters. The van der Waals surface area contributed by atoms with Gasteiger partial charge in [0.2, 0.25) is 5.91 Å². The van der Waals surface area contributed by atoms with Gasteiger partial charge in [-0.2, -0.15) is 15.0 Å². The summed E-state index contributed by atoms with van der Waals surface area (Å²) >= 11 is 0. The van der Waals surface area contributed by atoms with Crippen molar-refractivity contribution in [2.45, 2.75) is 26.7 Å². The van der Waals surface area contributed by atoms with Crippen LogP contribution >= 0.6 is 0 Å². The number of carbonyl (C=O) groups excluding carboxylic acids is 1. The molecule has 1 amide bonds. The first-order valence-corrected chi connectivity index (χ1v) is 6.85. The Morgan fingerprint density at radius 3 is 2.81 bits per heavy atom. The molecule has 112 valence electrons. The van der Waals surface area contributed by atoms with E-state index in [9.17, 15) is 4.79 Å². The normalized spacial score (nSPS) is 16.1. The molecule has 9 nitrogen and oxygen atoms in total. The average Bonchev–Trinajstić information content (AvgIpc) is 3.11. The predicted molar refractivity (Wildman–Crippen MR) is 72.9 cm³/mol. The molecule has 1 aliphatic heterocycles. The monoisotopic (exact) mass is 291 g/mol. The smallest absolute Gasteiger partial charge is 0.290 e. The maximum Gasteiger partial charge on any atom is 0.290 e. The van der Waals surface area contributed by atoms with E-state index in [-0.39, 0.29) is 11.8 Å². The van der Waals surface area contributed by atoms with Crippen molar-refractivity contribution in [3.05, 3.63) is 11.4 Å². The van der Waals surface area contributed by atoms with Crippen molar-refractivity contribution in [3.63, 3.8) is 0 Å². The Labute approximate surface area is 121 Å². The lowest BCUT2D eigenvalue weighted by Crippen LogP contribution is -2.28. The van der Waals surface area contributed by atoms with E-state index in [1.165, 1.54) is 0 Å². The Bertz CT molecular complexity index is 628. The minimum absolute atomic E-state index is 0.00826. The van der Waals surface area contributed by atoms with E-state index >= 15 is 0 Å². The van der Waals surface area contributed by atoms with Crippen LogP contribution in [0.3, 0.4) is 0 Å². The second-order valence-electron chi connectivity index (χ2n) is 5.05. The van der Waals surface area contributed by atoms with E-state index in [4.69, 9.17) is 4.74 Å². The largest absolute Gasteiger partial charge is 0.381 e. The summed E-state index contributed by atoms with van der Waals surface area (Å²) < 4.78 is 6.83. The van der Waals surface area contributed by atoms with E-state index in [0.717, 1.165) is 24.2 Å². The number of H-pyrrole nitrogens is 1. The van der Waals surface area contributed by atoms with E-state index in [2.05, 4.69) is 31.0 Å². The van der Waals surface area contributed by atoms with Gasteiger partial charge in [0.15, 0.2) is 0 Å². The Balaban J connectivity index is 1.81. The van der Waals surface area contributed by atoms with Crippen LogP contribution < -0.4 is 5.32 Å². The number of nitrogens with one attached hydrogen (secondary N) is 2. The molecule has 21 heavy (non-hydrogen) atoms. The van der Waals surface area contributed by atoms with Crippen molar-refractivity contribution >= 4 is 11.6 Å². The molecule has 2 aromatic heterocycles. The molecule has 0 atom stereocenters. The number of anilines is 1. The highest BCUT2D eigenvalue weighted by molar-refractivity contribution is 5.93. The van der Waals surface area contributed by atoms with Gasteiger partial charge in [-0.1, -0.05) is 5.10 Å². The van der Waals surface area contributed by atoms with Gasteiger partial charge in [-0.15, -0.1) is 5.10 Å². The molecule has 3 heterocycles. The number of amides is 1. The van der Waals surface area contributed by atoms with Crippen LogP contribution in [0, 0.1) is 19.8 Å². The number of tetrazole rings is 1. The highest BCUT2D eigenvalue weighted by Crippen LogP contribution is 2.23. The van der Waals surface area contributed by atoms with Gasteiger partial charge in [0.25, 0.3) is 5.95 Å². The van der Waals surface area contributed by atoms with Gasteiger partial charge >= 0.3 is 0 Å². The van der Waals surface area contributed by atoms with Crippen LogP contribution in [-0.2, 0) is 9.53 Å². The summed E-state index contributed by atoms with van der Waals surface area (Å²) in [4.78, 5) is 12.3. The zero-order chi connectivity index (χ0) is 14.8. The lowest BCUT2D eigenvalue weighted by Gasteiger charge is -2.21. The Morgan fingerprint density at radius 1 is 1.38 bits per heavy atom. The molecule has 2 N–H and O–H groups in total. The minimum atomic E-state index is -0.00826. The molecule has 0 bridgehead atoms. The van der Waals surface area contributed by atoms with Crippen LogP contribution in [0.5, 0.6) is 0 Å². The Kier molecular flexibility index (Phi) is 3.65. The molecule has 0 spiro atoms. The summed E-state index contributed by atoms with van der Waals surface area (Å²) in [6.45, 7) is 4.97. The Hall–Kier alpha value is -2.29. The first-order chi connectivity index (χ1) is 10.2. The first-order valence-electron chi connectivity index (χ1n) is 6.85. The summed E-state index contributed by atoms with van der Waals surface area (Å²) in [6.07, 6.45) is 1.51. The van der Waals surface area contributed by atoms with Crippen LogP contribution in [0.1, 0.15) is 24.2 Å². The first kappa shape index (κ1) is 13.7. The van der Waals surface area contributed by atoms with Crippen molar-refractivity contribution < 1.29 is 9.53 Å². The minimum Gasteiger partial charge on any atom is -0.381 e. The molecule has 0 aliphatic carbocycles. The third kappa shape index (κ3) is 2.64. The van der Waals surface area contributed by atoms with Gasteiger partial charge in [-0.3, -0.25) is 4.79 Å². The highest BCUT2D eigenvalue weighted by atomic mass is 16.5. The number of aryl methyl sites for hydroxylation is 1. The van der Waals surface area contributed by atoms with Crippen LogP contribution in [-0.4, -0.2) is 49.5 Å². The van der Waals surface area contributed by atoms with Crippen molar-refractivity contribution in [2.75, 3.05) is 18.5 Å². The third-order valence-corrected chi connectivity index (χ3v) is 3.66. The van der Waals surface area contributed by atoms with E-state index in [0.29, 0.717) is 24.8 Å². The van der Waals surface area contributed by atoms with E-state index in [1.54, 1.807) is 4.68 Å². The van der Waals surface area contributed by atoms with Gasteiger partial charge in [-0.25, -0.2) is 0 Å². The molecule has 0 aromatic carbocycles. The molecular weight excluding hydrogens is 274 g/mol. The summed E-state index contributed by atoms with van der Waals surface area (Å²) in [5.41, 5.74) is 2.20. The fraction of sp³-hybridized carbons (Fsp3) is 0.583. The molecule has 0 radical (unpaired) electrons. The van der Waals surface area contributed by atoms with Gasteiger partial charge in [0, 0.05) is 19.1 Å². The number of rotatable bonds is 3. The second-order valence-corrected chi connectivity index (χ2v) is 5.05. The lowest BCUT2D eigenvalue weighted by atomic mass is 9.99. The topological polar surface area (TPSA) is 111 Å². The van der Waals surface area contributed by atoms with Crippen molar-refractivity contribution in [2.24, 2.45) is 5.92 Å². The number of aromatic nitrogens is 6. The van der Waals surface area contributed by atoms with Crippen molar-refractivity contribution in [1.82, 2.24) is 30.4 Å². The molecule has 1 aliphatic rings. The fourth-order valence-corrected chi connectivity index (χ4v) is 2.45. The average molecular weight is 291 g/mol. The van der Waals surface area contributed by atoms with Crippen LogP contribution in [0.25, 0.3) is 5.95 Å². The Morgan fingerprint density at radius 2 is 2.14 bits per heavy atom. The number of carbonyl (C=O) groups is 1. The summed E-state index contributed by atoms with van der Waals surface area (Å²) in [5, 5.41) is 21.0. The lowest BCUT2D eigenvalue weighted by molar-refractivity contribution is -0.122. The molecular formula is C12H17N7O2. The number of ether oxygens (including phenoxy) is 1. The number of aromatic amines is 1. The van der Waals surface area contributed by atoms with Gasteiger partial charge in [0.05, 0.1) is 17.1 Å². The van der Waals surface area contributed by atoms with Crippen LogP contribution in [0.2, 0.25) is 0 Å². The maximum atomic E-state index is 12.3. The molecule has 9 heteroatoms. The summed E-state index contributed by atoms with van der Waals surface area (Å²) in [6, 6.07) is 0. The maximum absolute atomic E-state index is 12.3. The molecule has 2 aromatic rings. The summed E-state index contributed by atoms with van der Waals surface area (Å²) in [7, 11) is 0. The van der Waals surface area contributed by atoms with E-state index < -0.39 is 0 Å². The van der Waals surface area contributed by atoms with Gasteiger partial charge in [0.1, 0.15) is 0 Å². The number of hydrogen-bond acceptors (Lipinski definition) is 6. The van der Waals surface area contributed by atoms with Crippen LogP contribution in [0.15, 0.2) is 0 Å². The molecule has 1 fully saturated rings. The third-order valence-electron chi connectivity index (χ3n) is 3.66. The SMILES string of the molecule is Cc1nn(-c2nn[nH]n2)c(C)c1NC(=O)C1CCOCC1.